The largest absolute Gasteiger partial charge is 0 e. The summed E-state index contributed by atoms with van der Waals surface area (Å²) in [6, 6.07) is 0. The third-order valence-corrected chi connectivity index (χ3v) is 1.29. The summed E-state index contributed by atoms with van der Waals surface area (Å²) >= 11 is 0. The van der Waals surface area contributed by atoms with Crippen LogP contribution in [0, 0.1) is 0 Å². The molecule has 86 valence electrons. The van der Waals surface area contributed by atoms with E-state index < -0.39 is 36.4 Å². The number of aliphatic hydroxyl groups is 1. The predicted octanol–water partition coefficient (Wildman–Crippen LogP) is -3.08. The SMILES string of the molecule is O=C(O)CC(O)(CC(=O)O)C(=O)O.[AlH3].[NaH].[Zr]. The summed E-state index contributed by atoms with van der Waals surface area (Å²) in [7, 11) is 0. The van der Waals surface area contributed by atoms with Gasteiger partial charge in [-0.15, -0.1) is 0 Å². The first-order valence-electron chi connectivity index (χ1n) is 3.17. The molecule has 0 aliphatic heterocycles. The van der Waals surface area contributed by atoms with E-state index in [1.165, 1.54) is 0 Å². The monoisotopic (exact) mass is 336 g/mol. The maximum absolute atomic E-state index is 10.3. The Labute approximate surface area is 143 Å². The molecule has 0 unspecified atom stereocenters. The molecule has 0 saturated heterocycles. The Morgan fingerprint density at radius 1 is 0.938 bits per heavy atom. The molecule has 4 N–H and O–H groups in total. The van der Waals surface area contributed by atoms with Crippen LogP contribution in [0.25, 0.3) is 0 Å². The van der Waals surface area contributed by atoms with Gasteiger partial charge in [0.25, 0.3) is 0 Å². The van der Waals surface area contributed by atoms with Gasteiger partial charge in [0.2, 0.25) is 0 Å². The number of hydrogen-bond donors (Lipinski definition) is 4. The summed E-state index contributed by atoms with van der Waals surface area (Å²) in [4.78, 5) is 30.5. The van der Waals surface area contributed by atoms with Crippen LogP contribution in [0.15, 0.2) is 0 Å². The summed E-state index contributed by atoms with van der Waals surface area (Å²) < 4.78 is 0. The zero-order valence-corrected chi connectivity index (χ0v) is 9.39. The molecular weight excluding hydrogens is 325 g/mol. The standard InChI is InChI=1S/C6H8O7.Al.Na.Zr.4H/c7-3(8)1-6(13,5(11)12)2-4(9)10;;;;;;;/h13H,1-2H2,(H,7,8)(H,9,10)(H,11,12);;;;;;;. The molecule has 0 amide bonds. The van der Waals surface area contributed by atoms with Crippen molar-refractivity contribution in [3.63, 3.8) is 0 Å². The molecule has 7 nitrogen and oxygen atoms in total. The van der Waals surface area contributed by atoms with Crippen LogP contribution in [0.2, 0.25) is 0 Å². The van der Waals surface area contributed by atoms with Crippen molar-refractivity contribution < 1.29 is 61.0 Å². The second-order valence-electron chi connectivity index (χ2n) is 2.48. The summed E-state index contributed by atoms with van der Waals surface area (Å²) in [5.41, 5.74) is -2.74. The quantitative estimate of drug-likeness (QED) is 0.391. The number of carboxylic acid groups (broad SMARTS) is 3. The first-order valence-corrected chi connectivity index (χ1v) is 3.17. The second-order valence-corrected chi connectivity index (χ2v) is 2.48. The van der Waals surface area contributed by atoms with Gasteiger partial charge in [-0.25, -0.2) is 4.79 Å². The molecule has 0 fully saturated rings. The van der Waals surface area contributed by atoms with E-state index in [2.05, 4.69) is 0 Å². The average molecular weight is 337 g/mol. The average Bonchev–Trinajstić information content (AvgIpc) is 1.82. The van der Waals surface area contributed by atoms with Crippen LogP contribution in [0.3, 0.4) is 0 Å². The van der Waals surface area contributed by atoms with Crippen molar-refractivity contribution in [1.29, 1.82) is 0 Å². The molecule has 0 spiro atoms. The summed E-state index contributed by atoms with van der Waals surface area (Å²) in [6.45, 7) is 0. The van der Waals surface area contributed by atoms with Crippen LogP contribution >= 0.6 is 0 Å². The summed E-state index contributed by atoms with van der Waals surface area (Å²) in [5, 5.41) is 33.8. The van der Waals surface area contributed by atoms with Crippen LogP contribution in [0.5, 0.6) is 0 Å². The molecule has 0 aromatic rings. The van der Waals surface area contributed by atoms with E-state index in [0.29, 0.717) is 0 Å². The Kier molecular flexibility index (Phi) is 17.4. The molecule has 0 rings (SSSR count). The van der Waals surface area contributed by atoms with Crippen molar-refractivity contribution in [1.82, 2.24) is 0 Å². The van der Waals surface area contributed by atoms with Gasteiger partial charge in [0.05, 0.1) is 12.8 Å². The second kappa shape index (κ2) is 10.9. The molecule has 0 radical (unpaired) electrons. The van der Waals surface area contributed by atoms with Crippen LogP contribution in [0.1, 0.15) is 12.8 Å². The van der Waals surface area contributed by atoms with E-state index in [1.54, 1.807) is 0 Å². The van der Waals surface area contributed by atoms with E-state index in [4.69, 9.17) is 20.4 Å². The number of hydrogen-bond acceptors (Lipinski definition) is 4. The summed E-state index contributed by atoms with van der Waals surface area (Å²) in [6.07, 6.45) is -2.29. The van der Waals surface area contributed by atoms with Gasteiger partial charge in [-0.2, -0.15) is 0 Å². The van der Waals surface area contributed by atoms with Gasteiger partial charge in [-0.05, 0) is 0 Å². The molecule has 10 heteroatoms. The van der Waals surface area contributed by atoms with E-state index in [1.807, 2.05) is 0 Å². The van der Waals surface area contributed by atoms with E-state index >= 15 is 0 Å². The van der Waals surface area contributed by atoms with Gasteiger partial charge in [0.1, 0.15) is 0 Å². The van der Waals surface area contributed by atoms with Crippen molar-refractivity contribution in [2.24, 2.45) is 0 Å². The van der Waals surface area contributed by atoms with E-state index in [-0.39, 0.29) is 73.1 Å². The molecule has 0 aromatic carbocycles. The first-order chi connectivity index (χ1) is 5.78. The predicted molar refractivity (Wildman–Crippen MR) is 54.2 cm³/mol. The molecular formula is C6H12AlNaO7Zr. The van der Waals surface area contributed by atoms with Crippen molar-refractivity contribution >= 4 is 64.8 Å². The molecule has 0 saturated carbocycles. The van der Waals surface area contributed by atoms with Crippen LogP contribution < -0.4 is 0 Å². The number of carboxylic acids is 3. The maximum atomic E-state index is 10.3. The van der Waals surface area contributed by atoms with Gasteiger partial charge in [0, 0.05) is 26.2 Å². The van der Waals surface area contributed by atoms with Crippen molar-refractivity contribution in [2.45, 2.75) is 18.4 Å². The molecule has 0 aliphatic rings. The molecule has 16 heavy (non-hydrogen) atoms. The minimum atomic E-state index is -2.74. The number of aliphatic carboxylic acids is 3. The van der Waals surface area contributed by atoms with Gasteiger partial charge in [0.15, 0.2) is 23.0 Å². The normalized spacial score (nSPS) is 8.81. The van der Waals surface area contributed by atoms with Crippen LogP contribution in [-0.4, -0.2) is 90.9 Å². The van der Waals surface area contributed by atoms with Crippen LogP contribution in [-0.2, 0) is 40.6 Å². The van der Waals surface area contributed by atoms with Gasteiger partial charge in [-0.1, -0.05) is 0 Å². The maximum Gasteiger partial charge on any atom is 0 e. The van der Waals surface area contributed by atoms with E-state index in [9.17, 15) is 14.4 Å². The fourth-order valence-corrected chi connectivity index (χ4v) is 0.714. The van der Waals surface area contributed by atoms with Crippen LogP contribution in [0.4, 0.5) is 0 Å². The van der Waals surface area contributed by atoms with Crippen molar-refractivity contribution in [3.05, 3.63) is 0 Å². The Morgan fingerprint density at radius 3 is 1.31 bits per heavy atom. The Balaban J connectivity index is -0.000000240. The topological polar surface area (TPSA) is 132 Å². The molecule has 0 heterocycles. The van der Waals surface area contributed by atoms with Gasteiger partial charge < -0.3 is 20.4 Å². The smallest absolute Gasteiger partial charge is 0 e. The van der Waals surface area contributed by atoms with Gasteiger partial charge >= 0.3 is 47.5 Å². The number of carbonyl (C=O) groups is 3. The zero-order chi connectivity index (χ0) is 10.6. The molecule has 0 aromatic heterocycles. The zero-order valence-electron chi connectivity index (χ0n) is 6.93. The fourth-order valence-electron chi connectivity index (χ4n) is 0.714. The Morgan fingerprint density at radius 2 is 1.19 bits per heavy atom. The summed E-state index contributed by atoms with van der Waals surface area (Å²) in [5.74, 6) is -5.02. The molecule has 0 aliphatic carbocycles. The minimum absolute atomic E-state index is 0. The van der Waals surface area contributed by atoms with Gasteiger partial charge in [-0.3, -0.25) is 9.59 Å². The van der Waals surface area contributed by atoms with Crippen molar-refractivity contribution in [3.8, 4) is 0 Å². The number of rotatable bonds is 5. The molecule has 0 bridgehead atoms. The Bertz CT molecular complexity index is 243. The van der Waals surface area contributed by atoms with Crippen molar-refractivity contribution in [2.75, 3.05) is 0 Å². The first kappa shape index (κ1) is 25.6. The van der Waals surface area contributed by atoms with E-state index in [0.717, 1.165) is 0 Å². The third-order valence-electron chi connectivity index (χ3n) is 1.29. The Hall–Kier alpha value is 0.786. The third kappa shape index (κ3) is 9.97. The molecule has 0 atom stereocenters. The minimum Gasteiger partial charge on any atom is 0 e. The fraction of sp³-hybridized carbons (Fsp3) is 0.500.